The molecular formula is C23H31ClN4. The van der Waals surface area contributed by atoms with Gasteiger partial charge in [-0.25, -0.2) is 4.98 Å². The average molecular weight is 399 g/mol. The highest BCUT2D eigenvalue weighted by molar-refractivity contribution is 6.33. The second-order valence-electron chi connectivity index (χ2n) is 8.08. The smallest absolute Gasteiger partial charge is 0.132 e. The SMILES string of the molecule is CN(c1ccc(CNC2CCCCC2)cn1)c1c(Cl)ccc2c1CCNCC2. The van der Waals surface area contributed by atoms with Gasteiger partial charge in [0.05, 0.1) is 10.7 Å². The number of benzene rings is 1. The summed E-state index contributed by atoms with van der Waals surface area (Å²) in [4.78, 5) is 6.89. The maximum Gasteiger partial charge on any atom is 0.132 e. The Balaban J connectivity index is 1.48. The number of pyridine rings is 1. The van der Waals surface area contributed by atoms with E-state index < -0.39 is 0 Å². The molecular weight excluding hydrogens is 368 g/mol. The number of fused-ring (bicyclic) bond motifs is 1. The van der Waals surface area contributed by atoms with Crippen LogP contribution in [0.2, 0.25) is 5.02 Å². The van der Waals surface area contributed by atoms with Crippen molar-refractivity contribution in [3.05, 3.63) is 52.2 Å². The number of hydrogen-bond acceptors (Lipinski definition) is 4. The lowest BCUT2D eigenvalue weighted by atomic mass is 9.95. The Morgan fingerprint density at radius 1 is 1.11 bits per heavy atom. The normalized spacial score (nSPS) is 17.8. The van der Waals surface area contributed by atoms with Crippen LogP contribution in [0, 0.1) is 0 Å². The standard InChI is InChI=1S/C23H31ClN4/c1-28(23-20-12-14-25-13-11-18(20)8-9-21(23)24)22-10-7-17(16-27-22)15-26-19-5-3-2-4-6-19/h7-10,16,19,25-26H,2-6,11-15H2,1H3. The van der Waals surface area contributed by atoms with Crippen LogP contribution in [0.1, 0.15) is 48.8 Å². The van der Waals surface area contributed by atoms with Crippen molar-refractivity contribution in [3.63, 3.8) is 0 Å². The van der Waals surface area contributed by atoms with Crippen molar-refractivity contribution in [1.29, 1.82) is 0 Å². The van der Waals surface area contributed by atoms with E-state index in [0.717, 1.165) is 49.0 Å². The van der Waals surface area contributed by atoms with Crippen molar-refractivity contribution in [2.24, 2.45) is 0 Å². The monoisotopic (exact) mass is 398 g/mol. The van der Waals surface area contributed by atoms with Crippen LogP contribution < -0.4 is 15.5 Å². The average Bonchev–Trinajstić information content (AvgIpc) is 2.98. The molecule has 0 radical (unpaired) electrons. The fraction of sp³-hybridized carbons (Fsp3) is 0.522. The number of nitrogens with one attached hydrogen (secondary N) is 2. The molecule has 2 N–H and O–H groups in total. The van der Waals surface area contributed by atoms with E-state index in [4.69, 9.17) is 16.6 Å². The van der Waals surface area contributed by atoms with Crippen LogP contribution in [-0.4, -0.2) is 31.2 Å². The fourth-order valence-electron chi connectivity index (χ4n) is 4.49. The van der Waals surface area contributed by atoms with E-state index in [9.17, 15) is 0 Å². The van der Waals surface area contributed by atoms with Gasteiger partial charge in [0.15, 0.2) is 0 Å². The molecule has 1 aromatic heterocycles. The van der Waals surface area contributed by atoms with Crippen molar-refractivity contribution in [2.75, 3.05) is 25.0 Å². The second kappa shape index (κ2) is 9.25. The summed E-state index contributed by atoms with van der Waals surface area (Å²) in [6.07, 6.45) is 10.8. The molecule has 1 aromatic carbocycles. The zero-order valence-corrected chi connectivity index (χ0v) is 17.6. The summed E-state index contributed by atoms with van der Waals surface area (Å²) in [5, 5.41) is 7.98. The molecule has 4 nitrogen and oxygen atoms in total. The van der Waals surface area contributed by atoms with E-state index in [1.807, 2.05) is 12.3 Å². The van der Waals surface area contributed by atoms with Gasteiger partial charge in [0.2, 0.25) is 0 Å². The van der Waals surface area contributed by atoms with Gasteiger partial charge in [-0.3, -0.25) is 0 Å². The predicted octanol–water partition coefficient (Wildman–Crippen LogP) is 4.61. The van der Waals surface area contributed by atoms with E-state index in [1.54, 1.807) is 0 Å². The van der Waals surface area contributed by atoms with Gasteiger partial charge in [-0.15, -0.1) is 0 Å². The van der Waals surface area contributed by atoms with Gasteiger partial charge in [-0.2, -0.15) is 0 Å². The molecule has 0 unspecified atom stereocenters. The highest BCUT2D eigenvalue weighted by Gasteiger charge is 2.19. The lowest BCUT2D eigenvalue weighted by Gasteiger charge is -2.25. The molecule has 1 fully saturated rings. The Morgan fingerprint density at radius 2 is 1.93 bits per heavy atom. The van der Waals surface area contributed by atoms with E-state index in [2.05, 4.69) is 40.8 Å². The lowest BCUT2D eigenvalue weighted by Crippen LogP contribution is -2.30. The van der Waals surface area contributed by atoms with Crippen LogP contribution >= 0.6 is 11.6 Å². The van der Waals surface area contributed by atoms with Gasteiger partial charge < -0.3 is 15.5 Å². The molecule has 5 heteroatoms. The number of hydrogen-bond donors (Lipinski definition) is 2. The molecule has 1 aliphatic heterocycles. The third-order valence-corrected chi connectivity index (χ3v) is 6.45. The molecule has 2 aliphatic rings. The number of aromatic nitrogens is 1. The van der Waals surface area contributed by atoms with E-state index >= 15 is 0 Å². The van der Waals surface area contributed by atoms with Crippen molar-refractivity contribution in [2.45, 2.75) is 57.5 Å². The van der Waals surface area contributed by atoms with E-state index in [1.165, 1.54) is 48.8 Å². The number of anilines is 2. The van der Waals surface area contributed by atoms with Gasteiger partial charge in [0, 0.05) is 25.8 Å². The topological polar surface area (TPSA) is 40.2 Å². The number of nitrogens with zero attached hydrogens (tertiary/aromatic N) is 2. The minimum Gasteiger partial charge on any atom is -0.328 e. The molecule has 28 heavy (non-hydrogen) atoms. The Bertz CT molecular complexity index is 784. The number of rotatable bonds is 5. The van der Waals surface area contributed by atoms with Crippen molar-refractivity contribution < 1.29 is 0 Å². The Hall–Kier alpha value is -1.62. The summed E-state index contributed by atoms with van der Waals surface area (Å²) in [6, 6.07) is 9.17. The minimum atomic E-state index is 0.670. The Labute approximate surface area is 173 Å². The van der Waals surface area contributed by atoms with Crippen LogP contribution in [0.4, 0.5) is 11.5 Å². The lowest BCUT2D eigenvalue weighted by molar-refractivity contribution is 0.372. The van der Waals surface area contributed by atoms with Crippen LogP contribution in [0.5, 0.6) is 0 Å². The summed E-state index contributed by atoms with van der Waals surface area (Å²) in [7, 11) is 2.07. The van der Waals surface area contributed by atoms with Crippen molar-refractivity contribution >= 4 is 23.1 Å². The minimum absolute atomic E-state index is 0.670. The maximum absolute atomic E-state index is 6.63. The first kappa shape index (κ1) is 19.7. The van der Waals surface area contributed by atoms with Crippen molar-refractivity contribution in [1.82, 2.24) is 15.6 Å². The molecule has 0 atom stereocenters. The van der Waals surface area contributed by atoms with Gasteiger partial charge in [-0.05, 0) is 67.6 Å². The van der Waals surface area contributed by atoms with E-state index in [0.29, 0.717) is 6.04 Å². The Morgan fingerprint density at radius 3 is 2.71 bits per heavy atom. The summed E-state index contributed by atoms with van der Waals surface area (Å²) in [5.74, 6) is 0.939. The summed E-state index contributed by atoms with van der Waals surface area (Å²) in [5.41, 5.74) is 5.09. The van der Waals surface area contributed by atoms with Crippen LogP contribution in [0.3, 0.4) is 0 Å². The zero-order valence-electron chi connectivity index (χ0n) is 16.8. The van der Waals surface area contributed by atoms with Crippen LogP contribution in [0.25, 0.3) is 0 Å². The molecule has 0 spiro atoms. The molecule has 2 aromatic rings. The molecule has 4 rings (SSSR count). The molecule has 150 valence electrons. The first-order valence-corrected chi connectivity index (χ1v) is 11.0. The molecule has 1 saturated carbocycles. The van der Waals surface area contributed by atoms with Gasteiger partial charge >= 0.3 is 0 Å². The fourth-order valence-corrected chi connectivity index (χ4v) is 4.79. The van der Waals surface area contributed by atoms with Crippen LogP contribution in [-0.2, 0) is 19.4 Å². The summed E-state index contributed by atoms with van der Waals surface area (Å²) >= 11 is 6.63. The maximum atomic E-state index is 6.63. The van der Waals surface area contributed by atoms with Gasteiger partial charge in [0.25, 0.3) is 0 Å². The third-order valence-electron chi connectivity index (χ3n) is 6.14. The number of halogens is 1. The molecule has 0 amide bonds. The zero-order chi connectivity index (χ0) is 19.3. The van der Waals surface area contributed by atoms with Gasteiger partial charge in [0.1, 0.15) is 5.82 Å². The first-order chi connectivity index (χ1) is 13.7. The third kappa shape index (κ3) is 4.51. The molecule has 2 heterocycles. The highest BCUT2D eigenvalue weighted by Crippen LogP contribution is 2.36. The Kier molecular flexibility index (Phi) is 6.50. The van der Waals surface area contributed by atoms with Gasteiger partial charge in [-0.1, -0.05) is 43.0 Å². The molecule has 0 saturated heterocycles. The molecule has 0 bridgehead atoms. The van der Waals surface area contributed by atoms with Crippen molar-refractivity contribution in [3.8, 4) is 0 Å². The quantitative estimate of drug-likeness (QED) is 0.771. The summed E-state index contributed by atoms with van der Waals surface area (Å²) in [6.45, 7) is 2.92. The first-order valence-electron chi connectivity index (χ1n) is 10.7. The second-order valence-corrected chi connectivity index (χ2v) is 8.49. The summed E-state index contributed by atoms with van der Waals surface area (Å²) < 4.78 is 0. The van der Waals surface area contributed by atoms with Crippen LogP contribution in [0.15, 0.2) is 30.5 Å². The van der Waals surface area contributed by atoms with E-state index in [-0.39, 0.29) is 0 Å². The molecule has 1 aliphatic carbocycles. The predicted molar refractivity (Wildman–Crippen MR) is 118 cm³/mol. The largest absolute Gasteiger partial charge is 0.328 e. The highest BCUT2D eigenvalue weighted by atomic mass is 35.5.